The molecule has 1 saturated carbocycles. The van der Waals surface area contributed by atoms with Crippen LogP contribution in [0, 0.1) is 0 Å². The first-order valence-corrected chi connectivity index (χ1v) is 9.19. The second-order valence-corrected chi connectivity index (χ2v) is 7.24. The van der Waals surface area contributed by atoms with Crippen molar-refractivity contribution in [1.82, 2.24) is 14.9 Å². The van der Waals surface area contributed by atoms with Gasteiger partial charge in [0.15, 0.2) is 0 Å². The van der Waals surface area contributed by atoms with E-state index in [0.29, 0.717) is 32.5 Å². The predicted octanol–water partition coefficient (Wildman–Crippen LogP) is 1.02. The molecule has 1 atom stereocenters. The van der Waals surface area contributed by atoms with E-state index in [-0.39, 0.29) is 24.0 Å². The Balaban J connectivity index is 1.50. The van der Waals surface area contributed by atoms with Gasteiger partial charge < -0.3 is 19.7 Å². The van der Waals surface area contributed by atoms with Crippen molar-refractivity contribution in [3.05, 3.63) is 28.4 Å². The standard InChI is InChI=1S/C18H27N3O4/c22-16-10-14(19-13-20-16)4-5-15-12-21(8-9-25-15)17(23)11-18(24)6-2-1-3-7-18/h10,13,15,24H,1-9,11-12H2,(H,19,20,22)/t15-/m1/s1. The van der Waals surface area contributed by atoms with Gasteiger partial charge in [-0.1, -0.05) is 19.3 Å². The SMILES string of the molecule is O=C(CC1(O)CCCCC1)N1CCO[C@H](CCc2cc(=O)[nH]cn2)C1. The smallest absolute Gasteiger partial charge is 0.250 e. The largest absolute Gasteiger partial charge is 0.389 e. The van der Waals surface area contributed by atoms with Crippen LogP contribution in [0.15, 0.2) is 17.2 Å². The molecule has 1 saturated heterocycles. The Bertz CT molecular complexity index is 639. The van der Waals surface area contributed by atoms with Gasteiger partial charge in [-0.25, -0.2) is 4.98 Å². The lowest BCUT2D eigenvalue weighted by molar-refractivity contribution is -0.145. The lowest BCUT2D eigenvalue weighted by atomic mass is 9.82. The number of carbonyl (C=O) groups is 1. The fraction of sp³-hybridized carbons (Fsp3) is 0.722. The zero-order valence-electron chi connectivity index (χ0n) is 14.6. The molecule has 2 aliphatic rings. The lowest BCUT2D eigenvalue weighted by Gasteiger charge is -2.37. The minimum Gasteiger partial charge on any atom is -0.389 e. The van der Waals surface area contributed by atoms with Crippen molar-refractivity contribution in [1.29, 1.82) is 0 Å². The summed E-state index contributed by atoms with van der Waals surface area (Å²) in [5, 5.41) is 10.6. The molecule has 7 nitrogen and oxygen atoms in total. The highest BCUT2D eigenvalue weighted by Gasteiger charge is 2.34. The van der Waals surface area contributed by atoms with E-state index < -0.39 is 5.60 Å². The number of morpholine rings is 1. The molecule has 0 radical (unpaired) electrons. The number of ether oxygens (including phenoxy) is 1. The third-order valence-electron chi connectivity index (χ3n) is 5.21. The van der Waals surface area contributed by atoms with Crippen molar-refractivity contribution >= 4 is 5.91 Å². The minimum atomic E-state index is -0.821. The van der Waals surface area contributed by atoms with Crippen molar-refractivity contribution in [3.63, 3.8) is 0 Å². The predicted molar refractivity (Wildman–Crippen MR) is 92.2 cm³/mol. The maximum Gasteiger partial charge on any atom is 0.250 e. The Morgan fingerprint density at radius 3 is 2.96 bits per heavy atom. The van der Waals surface area contributed by atoms with E-state index >= 15 is 0 Å². The van der Waals surface area contributed by atoms with Crippen molar-refractivity contribution in [3.8, 4) is 0 Å². The fourth-order valence-corrected chi connectivity index (χ4v) is 3.76. The number of nitrogens with zero attached hydrogens (tertiary/aromatic N) is 2. The van der Waals surface area contributed by atoms with E-state index in [1.54, 1.807) is 0 Å². The molecule has 1 aromatic rings. The Hall–Kier alpha value is -1.73. The first-order chi connectivity index (χ1) is 12.0. The average Bonchev–Trinajstić information content (AvgIpc) is 2.60. The van der Waals surface area contributed by atoms with E-state index in [1.165, 1.54) is 12.4 Å². The van der Waals surface area contributed by atoms with E-state index in [4.69, 9.17) is 4.74 Å². The van der Waals surface area contributed by atoms with Crippen LogP contribution in [0.4, 0.5) is 0 Å². The summed E-state index contributed by atoms with van der Waals surface area (Å²) < 4.78 is 5.76. The molecule has 3 rings (SSSR count). The summed E-state index contributed by atoms with van der Waals surface area (Å²) >= 11 is 0. The molecule has 0 aromatic carbocycles. The van der Waals surface area contributed by atoms with Crippen molar-refractivity contribution in [2.75, 3.05) is 19.7 Å². The van der Waals surface area contributed by atoms with Crippen LogP contribution < -0.4 is 5.56 Å². The molecule has 25 heavy (non-hydrogen) atoms. The van der Waals surface area contributed by atoms with Crippen LogP contribution in [-0.2, 0) is 16.0 Å². The summed E-state index contributed by atoms with van der Waals surface area (Å²) in [6, 6.07) is 1.49. The first-order valence-electron chi connectivity index (χ1n) is 9.19. The van der Waals surface area contributed by atoms with Gasteiger partial charge in [-0.2, -0.15) is 0 Å². The van der Waals surface area contributed by atoms with Gasteiger partial charge in [0, 0.05) is 24.8 Å². The second-order valence-electron chi connectivity index (χ2n) is 7.24. The van der Waals surface area contributed by atoms with Crippen LogP contribution in [0.3, 0.4) is 0 Å². The molecule has 0 spiro atoms. The van der Waals surface area contributed by atoms with Crippen LogP contribution >= 0.6 is 0 Å². The van der Waals surface area contributed by atoms with Gasteiger partial charge in [0.25, 0.3) is 5.56 Å². The zero-order valence-corrected chi connectivity index (χ0v) is 14.6. The van der Waals surface area contributed by atoms with Crippen molar-refractivity contribution in [2.45, 2.75) is 63.1 Å². The normalized spacial score (nSPS) is 23.4. The van der Waals surface area contributed by atoms with Gasteiger partial charge in [-0.05, 0) is 25.7 Å². The monoisotopic (exact) mass is 349 g/mol. The number of amides is 1. The van der Waals surface area contributed by atoms with Crippen LogP contribution in [0.2, 0.25) is 0 Å². The number of aryl methyl sites for hydroxylation is 1. The van der Waals surface area contributed by atoms with Gasteiger partial charge in [-0.15, -0.1) is 0 Å². The maximum atomic E-state index is 12.6. The van der Waals surface area contributed by atoms with Gasteiger partial charge in [0.1, 0.15) is 0 Å². The molecule has 2 heterocycles. The topological polar surface area (TPSA) is 95.5 Å². The summed E-state index contributed by atoms with van der Waals surface area (Å²) in [6.45, 7) is 1.63. The molecule has 0 unspecified atom stereocenters. The number of hydrogen-bond acceptors (Lipinski definition) is 5. The van der Waals surface area contributed by atoms with E-state index in [9.17, 15) is 14.7 Å². The molecular weight excluding hydrogens is 322 g/mol. The molecule has 1 aliphatic heterocycles. The van der Waals surface area contributed by atoms with E-state index in [1.807, 2.05) is 4.90 Å². The third kappa shape index (κ3) is 5.12. The van der Waals surface area contributed by atoms with Crippen LogP contribution in [0.5, 0.6) is 0 Å². The summed E-state index contributed by atoms with van der Waals surface area (Å²) in [5.74, 6) is 0.0204. The number of H-pyrrole nitrogens is 1. The second kappa shape index (κ2) is 8.10. The lowest BCUT2D eigenvalue weighted by Crippen LogP contribution is -2.48. The number of hydrogen-bond donors (Lipinski definition) is 2. The number of aromatic nitrogens is 2. The van der Waals surface area contributed by atoms with Gasteiger partial charge >= 0.3 is 0 Å². The number of nitrogens with one attached hydrogen (secondary N) is 1. The van der Waals surface area contributed by atoms with Crippen LogP contribution in [0.25, 0.3) is 0 Å². The van der Waals surface area contributed by atoms with E-state index in [2.05, 4.69) is 9.97 Å². The molecule has 1 amide bonds. The minimum absolute atomic E-state index is 0.0204. The van der Waals surface area contributed by atoms with Crippen molar-refractivity contribution in [2.24, 2.45) is 0 Å². The van der Waals surface area contributed by atoms with Crippen LogP contribution in [-0.4, -0.2) is 57.3 Å². The molecule has 0 bridgehead atoms. The van der Waals surface area contributed by atoms with Crippen LogP contribution in [0.1, 0.15) is 50.6 Å². The zero-order chi connectivity index (χ0) is 17.7. The summed E-state index contributed by atoms with van der Waals surface area (Å²) in [6.07, 6.45) is 7.51. The molecule has 7 heteroatoms. The Labute approximate surface area is 147 Å². The highest BCUT2D eigenvalue weighted by atomic mass is 16.5. The first kappa shape index (κ1) is 18.1. The number of rotatable bonds is 5. The highest BCUT2D eigenvalue weighted by Crippen LogP contribution is 2.31. The quantitative estimate of drug-likeness (QED) is 0.827. The third-order valence-corrected chi connectivity index (χ3v) is 5.21. The summed E-state index contributed by atoms with van der Waals surface area (Å²) in [5.41, 5.74) is -0.252. The number of aromatic amines is 1. The molecule has 1 aromatic heterocycles. The molecule has 138 valence electrons. The molecule has 2 N–H and O–H groups in total. The van der Waals surface area contributed by atoms with Gasteiger partial charge in [0.2, 0.25) is 5.91 Å². The number of carbonyl (C=O) groups excluding carboxylic acids is 1. The van der Waals surface area contributed by atoms with Gasteiger partial charge in [-0.3, -0.25) is 9.59 Å². The van der Waals surface area contributed by atoms with Crippen molar-refractivity contribution < 1.29 is 14.6 Å². The van der Waals surface area contributed by atoms with E-state index in [0.717, 1.165) is 37.8 Å². The number of aliphatic hydroxyl groups is 1. The summed E-state index contributed by atoms with van der Waals surface area (Å²) in [7, 11) is 0. The summed E-state index contributed by atoms with van der Waals surface area (Å²) in [4.78, 5) is 32.3. The molecular formula is C18H27N3O4. The molecule has 2 fully saturated rings. The Morgan fingerprint density at radius 2 is 2.20 bits per heavy atom. The Morgan fingerprint density at radius 1 is 1.40 bits per heavy atom. The molecule has 1 aliphatic carbocycles. The van der Waals surface area contributed by atoms with Gasteiger partial charge in [0.05, 0.1) is 31.1 Å². The Kier molecular flexibility index (Phi) is 5.86. The highest BCUT2D eigenvalue weighted by molar-refractivity contribution is 5.77. The maximum absolute atomic E-state index is 12.6. The average molecular weight is 349 g/mol. The fourth-order valence-electron chi connectivity index (χ4n) is 3.76.